The predicted octanol–water partition coefficient (Wildman–Crippen LogP) is 5.02. The van der Waals surface area contributed by atoms with Crippen LogP contribution in [0.5, 0.6) is 11.5 Å². The van der Waals surface area contributed by atoms with Gasteiger partial charge in [-0.15, -0.1) is 0 Å². The Morgan fingerprint density at radius 1 is 1.06 bits per heavy atom. The molecule has 0 spiro atoms. The van der Waals surface area contributed by atoms with Crippen molar-refractivity contribution in [1.29, 1.82) is 0 Å². The highest BCUT2D eigenvalue weighted by atomic mass is 19.4. The van der Waals surface area contributed by atoms with Gasteiger partial charge in [0, 0.05) is 31.1 Å². The Bertz CT molecular complexity index is 1350. The summed E-state index contributed by atoms with van der Waals surface area (Å²) in [7, 11) is 5.39. The molecule has 0 fully saturated rings. The summed E-state index contributed by atoms with van der Waals surface area (Å²) < 4.78 is 46.1. The van der Waals surface area contributed by atoms with Crippen LogP contribution in [0.2, 0.25) is 0 Å². The summed E-state index contributed by atoms with van der Waals surface area (Å²) >= 11 is 0. The first-order chi connectivity index (χ1) is 16.6. The van der Waals surface area contributed by atoms with Crippen LogP contribution in [-0.4, -0.2) is 46.0 Å². The first-order valence-corrected chi connectivity index (χ1v) is 10.6. The van der Waals surface area contributed by atoms with Crippen molar-refractivity contribution in [2.75, 3.05) is 31.3 Å². The lowest BCUT2D eigenvalue weighted by Crippen LogP contribution is -2.27. The van der Waals surface area contributed by atoms with Crippen molar-refractivity contribution in [2.45, 2.75) is 6.18 Å². The summed E-state index contributed by atoms with van der Waals surface area (Å²) in [4.78, 5) is 22.4. The van der Waals surface area contributed by atoms with E-state index in [0.717, 1.165) is 17.6 Å². The van der Waals surface area contributed by atoms with Gasteiger partial charge in [-0.2, -0.15) is 13.2 Å². The fraction of sp³-hybridized carbons (Fsp3) is 0.208. The Morgan fingerprint density at radius 3 is 2.46 bits per heavy atom. The monoisotopic (exact) mass is 484 g/mol. The summed E-state index contributed by atoms with van der Waals surface area (Å²) in [5, 5.41) is 5.76. The van der Waals surface area contributed by atoms with Crippen LogP contribution in [-0.2, 0) is 18.0 Å². The van der Waals surface area contributed by atoms with Crippen molar-refractivity contribution < 1.29 is 22.7 Å². The predicted molar refractivity (Wildman–Crippen MR) is 127 cm³/mol. The molecule has 1 amide bonds. The molecule has 4 aromatic rings. The average molecular weight is 484 g/mol. The minimum absolute atomic E-state index is 0.192. The molecule has 2 heterocycles. The summed E-state index contributed by atoms with van der Waals surface area (Å²) in [6.07, 6.45) is -2.85. The number of hydrogen-bond donors (Lipinski definition) is 2. The molecule has 182 valence electrons. The number of rotatable bonds is 7. The minimum Gasteiger partial charge on any atom is -0.457 e. The number of amides is 1. The number of aromatic nitrogens is 3. The molecule has 0 saturated heterocycles. The normalized spacial score (nSPS) is 11.6. The quantitative estimate of drug-likeness (QED) is 0.383. The number of halogens is 3. The maximum Gasteiger partial charge on any atom is 0.416 e. The second-order valence-corrected chi connectivity index (χ2v) is 8.11. The third-order valence-corrected chi connectivity index (χ3v) is 5.02. The lowest BCUT2D eigenvalue weighted by atomic mass is 10.2. The van der Waals surface area contributed by atoms with E-state index in [1.54, 1.807) is 54.9 Å². The zero-order valence-electron chi connectivity index (χ0n) is 19.2. The summed E-state index contributed by atoms with van der Waals surface area (Å²) in [6.45, 7) is 0.228. The maximum atomic E-state index is 12.8. The van der Waals surface area contributed by atoms with Crippen molar-refractivity contribution in [2.24, 2.45) is 7.05 Å². The molecule has 0 atom stereocenters. The number of pyridine rings is 1. The number of fused-ring (bicyclic) bond motifs is 1. The number of anilines is 3. The van der Waals surface area contributed by atoms with E-state index in [1.807, 2.05) is 6.07 Å². The number of hydrogen-bond acceptors (Lipinski definition) is 6. The molecule has 0 radical (unpaired) electrons. The number of benzene rings is 2. The van der Waals surface area contributed by atoms with Crippen molar-refractivity contribution in [3.05, 3.63) is 66.4 Å². The van der Waals surface area contributed by atoms with Gasteiger partial charge in [0.15, 0.2) is 0 Å². The van der Waals surface area contributed by atoms with Crippen molar-refractivity contribution in [3.8, 4) is 11.5 Å². The van der Waals surface area contributed by atoms with Crippen molar-refractivity contribution in [3.63, 3.8) is 0 Å². The third kappa shape index (κ3) is 5.87. The number of nitrogens with zero attached hydrogens (tertiary/aromatic N) is 4. The van der Waals surface area contributed by atoms with Gasteiger partial charge in [-0.25, -0.2) is 9.97 Å². The fourth-order valence-corrected chi connectivity index (χ4v) is 3.38. The van der Waals surface area contributed by atoms with Crippen LogP contribution in [0, 0.1) is 0 Å². The van der Waals surface area contributed by atoms with Crippen molar-refractivity contribution >= 4 is 34.4 Å². The molecule has 0 saturated carbocycles. The number of carbonyl (C=O) groups is 1. The summed E-state index contributed by atoms with van der Waals surface area (Å²) in [5.74, 6) is 1.65. The van der Waals surface area contributed by atoms with Crippen molar-refractivity contribution in [1.82, 2.24) is 19.4 Å². The maximum absolute atomic E-state index is 12.8. The van der Waals surface area contributed by atoms with Crippen LogP contribution in [0.15, 0.2) is 60.8 Å². The van der Waals surface area contributed by atoms with Crippen LogP contribution < -0.4 is 15.4 Å². The number of alkyl halides is 3. The number of carbonyl (C=O) groups excluding carboxylic acids is 1. The molecule has 0 bridgehead atoms. The van der Waals surface area contributed by atoms with E-state index in [0.29, 0.717) is 34.5 Å². The SMILES string of the molecule is CN(C)CC(=O)Nc1cc(Oc2ccc3c(c2)nc(Nc2ccc(C(F)(F)F)cc2)n3C)ccn1. The van der Waals surface area contributed by atoms with E-state index >= 15 is 0 Å². The van der Waals surface area contributed by atoms with Crippen LogP contribution in [0.4, 0.5) is 30.6 Å². The zero-order chi connectivity index (χ0) is 25.2. The Morgan fingerprint density at radius 2 is 1.77 bits per heavy atom. The van der Waals surface area contributed by atoms with Gasteiger partial charge in [-0.1, -0.05) is 0 Å². The first-order valence-electron chi connectivity index (χ1n) is 10.6. The standard InChI is InChI=1S/C24H23F3N6O2/c1-32(2)14-22(34)31-21-13-18(10-11-28-21)35-17-8-9-20-19(12-17)30-23(33(20)3)29-16-6-4-15(5-7-16)24(25,26)27/h4-13H,14H2,1-3H3,(H,29,30)(H,28,31,34). The van der Waals surface area contributed by atoms with Gasteiger partial charge >= 0.3 is 6.18 Å². The topological polar surface area (TPSA) is 84.3 Å². The average Bonchev–Trinajstić information content (AvgIpc) is 3.07. The highest BCUT2D eigenvalue weighted by Crippen LogP contribution is 2.31. The van der Waals surface area contributed by atoms with Crippen LogP contribution in [0.25, 0.3) is 11.0 Å². The van der Waals surface area contributed by atoms with E-state index in [-0.39, 0.29) is 12.5 Å². The highest BCUT2D eigenvalue weighted by molar-refractivity contribution is 5.91. The second kappa shape index (κ2) is 9.63. The van der Waals surface area contributed by atoms with Gasteiger partial charge in [0.1, 0.15) is 17.3 Å². The lowest BCUT2D eigenvalue weighted by molar-refractivity contribution is -0.137. The van der Waals surface area contributed by atoms with E-state index in [4.69, 9.17) is 4.74 Å². The Hall–Kier alpha value is -4.12. The Balaban J connectivity index is 1.50. The number of aryl methyl sites for hydroxylation is 1. The number of likely N-dealkylation sites (N-methyl/N-ethyl adjacent to an activating group) is 1. The molecule has 11 heteroatoms. The van der Waals surface area contributed by atoms with Crippen LogP contribution in [0.3, 0.4) is 0 Å². The first kappa shape index (κ1) is 24.0. The van der Waals surface area contributed by atoms with Crippen LogP contribution in [0.1, 0.15) is 5.56 Å². The smallest absolute Gasteiger partial charge is 0.416 e. The third-order valence-electron chi connectivity index (χ3n) is 5.02. The molecule has 35 heavy (non-hydrogen) atoms. The van der Waals surface area contributed by atoms with Gasteiger partial charge in [-0.3, -0.25) is 4.79 Å². The number of nitrogens with one attached hydrogen (secondary N) is 2. The van der Waals surface area contributed by atoms with Gasteiger partial charge in [-0.05, 0) is 56.6 Å². The van der Waals surface area contributed by atoms with E-state index in [1.165, 1.54) is 18.3 Å². The van der Waals surface area contributed by atoms with Gasteiger partial charge < -0.3 is 24.8 Å². The molecule has 0 aliphatic rings. The lowest BCUT2D eigenvalue weighted by Gasteiger charge is -2.11. The van der Waals surface area contributed by atoms with E-state index in [2.05, 4.69) is 20.6 Å². The van der Waals surface area contributed by atoms with E-state index in [9.17, 15) is 18.0 Å². The van der Waals surface area contributed by atoms with Crippen LogP contribution >= 0.6 is 0 Å². The molecule has 2 aromatic carbocycles. The highest BCUT2D eigenvalue weighted by Gasteiger charge is 2.30. The Labute approximate surface area is 199 Å². The zero-order valence-corrected chi connectivity index (χ0v) is 19.2. The fourth-order valence-electron chi connectivity index (χ4n) is 3.38. The largest absolute Gasteiger partial charge is 0.457 e. The molecule has 4 rings (SSSR count). The summed E-state index contributed by atoms with van der Waals surface area (Å²) in [6, 6.07) is 13.4. The summed E-state index contributed by atoms with van der Waals surface area (Å²) in [5.41, 5.74) is 1.20. The molecular formula is C24H23F3N6O2. The van der Waals surface area contributed by atoms with Gasteiger partial charge in [0.25, 0.3) is 0 Å². The minimum atomic E-state index is -4.39. The molecular weight excluding hydrogens is 461 g/mol. The Kier molecular flexibility index (Phi) is 6.61. The molecule has 2 aromatic heterocycles. The van der Waals surface area contributed by atoms with Gasteiger partial charge in [0.2, 0.25) is 11.9 Å². The molecule has 2 N–H and O–H groups in total. The molecule has 0 aliphatic heterocycles. The van der Waals surface area contributed by atoms with Gasteiger partial charge in [0.05, 0.1) is 23.1 Å². The number of imidazole rings is 1. The second-order valence-electron chi connectivity index (χ2n) is 8.11. The molecule has 0 aliphatic carbocycles. The molecule has 0 unspecified atom stereocenters. The number of ether oxygens (including phenoxy) is 1. The van der Waals surface area contributed by atoms with E-state index < -0.39 is 11.7 Å². The molecule has 8 nitrogen and oxygen atoms in total.